The predicted octanol–water partition coefficient (Wildman–Crippen LogP) is 3.62. The summed E-state index contributed by atoms with van der Waals surface area (Å²) in [6, 6.07) is 15.0. The van der Waals surface area contributed by atoms with Crippen LogP contribution in [0.4, 0.5) is 0 Å². The van der Waals surface area contributed by atoms with Gasteiger partial charge in [-0.05, 0) is 36.6 Å². The molecule has 2 N–H and O–H groups in total. The van der Waals surface area contributed by atoms with E-state index in [-0.39, 0.29) is 0 Å². The molecule has 1 aromatic heterocycles. The number of hydrogen-bond acceptors (Lipinski definition) is 3. The molecule has 0 saturated heterocycles. The van der Waals surface area contributed by atoms with E-state index in [1.807, 2.05) is 12.1 Å². The summed E-state index contributed by atoms with van der Waals surface area (Å²) >= 11 is 0. The highest BCUT2D eigenvalue weighted by Crippen LogP contribution is 2.23. The van der Waals surface area contributed by atoms with Gasteiger partial charge in [-0.1, -0.05) is 44.2 Å². The van der Waals surface area contributed by atoms with Crippen molar-refractivity contribution in [1.29, 1.82) is 0 Å². The number of likely N-dealkylation sites (N-methyl/N-ethyl adjacent to an activating group) is 1. The van der Waals surface area contributed by atoms with E-state index in [0.717, 1.165) is 25.3 Å². The molecule has 1 heterocycles. The Labute approximate surface area is 127 Å². The molecule has 0 aliphatic carbocycles. The van der Waals surface area contributed by atoms with Crippen molar-refractivity contribution in [3.63, 3.8) is 0 Å². The van der Waals surface area contributed by atoms with Gasteiger partial charge in [0.1, 0.15) is 5.76 Å². The van der Waals surface area contributed by atoms with Crippen LogP contribution in [-0.2, 0) is 6.54 Å². The summed E-state index contributed by atoms with van der Waals surface area (Å²) in [4.78, 5) is 2.40. The van der Waals surface area contributed by atoms with Crippen molar-refractivity contribution in [1.82, 2.24) is 4.90 Å². The quantitative estimate of drug-likeness (QED) is 0.806. The molecule has 3 heteroatoms. The topological polar surface area (TPSA) is 42.4 Å². The molecule has 21 heavy (non-hydrogen) atoms. The lowest BCUT2D eigenvalue weighted by molar-refractivity contribution is 0.172. The minimum atomic E-state index is 0.371. The molecule has 0 aliphatic rings. The number of nitrogens with zero attached hydrogens (tertiary/aromatic N) is 1. The summed E-state index contributed by atoms with van der Waals surface area (Å²) in [5, 5.41) is 0. The van der Waals surface area contributed by atoms with E-state index in [1.54, 1.807) is 6.26 Å². The molecule has 0 saturated carbocycles. The summed E-state index contributed by atoms with van der Waals surface area (Å²) in [6.07, 6.45) is 2.79. The Hall–Kier alpha value is -1.58. The standard InChI is InChI=1S/C18H26N2O/c1-3-20(14-18-10-7-11-21-18)17(13-19)12-15(2)16-8-5-4-6-9-16/h4-11,15,17H,3,12-14,19H2,1-2H3. The molecular weight excluding hydrogens is 260 g/mol. The zero-order chi connectivity index (χ0) is 15.1. The smallest absolute Gasteiger partial charge is 0.117 e. The fourth-order valence-corrected chi connectivity index (χ4v) is 2.82. The van der Waals surface area contributed by atoms with Gasteiger partial charge in [-0.15, -0.1) is 0 Å². The first kappa shape index (κ1) is 15.8. The van der Waals surface area contributed by atoms with Crippen LogP contribution < -0.4 is 5.73 Å². The van der Waals surface area contributed by atoms with E-state index in [2.05, 4.69) is 49.1 Å². The summed E-state index contributed by atoms with van der Waals surface area (Å²) in [7, 11) is 0. The van der Waals surface area contributed by atoms with Crippen molar-refractivity contribution in [2.24, 2.45) is 5.73 Å². The van der Waals surface area contributed by atoms with E-state index in [1.165, 1.54) is 5.56 Å². The van der Waals surface area contributed by atoms with E-state index in [9.17, 15) is 0 Å². The molecule has 0 bridgehead atoms. The normalized spacial score (nSPS) is 14.3. The van der Waals surface area contributed by atoms with Gasteiger partial charge in [0.2, 0.25) is 0 Å². The molecule has 2 unspecified atom stereocenters. The molecule has 1 aromatic carbocycles. The van der Waals surface area contributed by atoms with Crippen molar-refractivity contribution >= 4 is 0 Å². The number of nitrogens with two attached hydrogens (primary N) is 1. The van der Waals surface area contributed by atoms with Crippen LogP contribution in [0.25, 0.3) is 0 Å². The minimum absolute atomic E-state index is 0.371. The van der Waals surface area contributed by atoms with Crippen LogP contribution >= 0.6 is 0 Å². The molecule has 0 fully saturated rings. The monoisotopic (exact) mass is 286 g/mol. The molecule has 0 amide bonds. The molecule has 2 aromatic rings. The maximum Gasteiger partial charge on any atom is 0.117 e. The third-order valence-electron chi connectivity index (χ3n) is 4.13. The van der Waals surface area contributed by atoms with Gasteiger partial charge in [-0.25, -0.2) is 0 Å². The predicted molar refractivity (Wildman–Crippen MR) is 87.1 cm³/mol. The highest BCUT2D eigenvalue weighted by Gasteiger charge is 2.20. The number of furan rings is 1. The lowest BCUT2D eigenvalue weighted by Gasteiger charge is -2.31. The second-order valence-corrected chi connectivity index (χ2v) is 5.58. The van der Waals surface area contributed by atoms with Crippen LogP contribution in [0, 0.1) is 0 Å². The molecule has 0 radical (unpaired) electrons. The van der Waals surface area contributed by atoms with Gasteiger partial charge in [0.15, 0.2) is 0 Å². The van der Waals surface area contributed by atoms with Gasteiger partial charge < -0.3 is 10.2 Å². The van der Waals surface area contributed by atoms with Gasteiger partial charge in [-0.2, -0.15) is 0 Å². The highest BCUT2D eigenvalue weighted by atomic mass is 16.3. The maximum atomic E-state index is 6.03. The van der Waals surface area contributed by atoms with Crippen molar-refractivity contribution < 1.29 is 4.42 Å². The highest BCUT2D eigenvalue weighted by molar-refractivity contribution is 5.19. The average molecular weight is 286 g/mol. The largest absolute Gasteiger partial charge is 0.468 e. The Morgan fingerprint density at radius 1 is 1.14 bits per heavy atom. The van der Waals surface area contributed by atoms with Gasteiger partial charge in [0, 0.05) is 12.6 Å². The molecule has 0 spiro atoms. The maximum absolute atomic E-state index is 6.03. The van der Waals surface area contributed by atoms with Crippen LogP contribution in [0.3, 0.4) is 0 Å². The van der Waals surface area contributed by atoms with E-state index >= 15 is 0 Å². The molecule has 2 atom stereocenters. The van der Waals surface area contributed by atoms with Gasteiger partial charge in [-0.3, -0.25) is 4.90 Å². The van der Waals surface area contributed by atoms with E-state index in [0.29, 0.717) is 18.5 Å². The Bertz CT molecular complexity index is 495. The lowest BCUT2D eigenvalue weighted by atomic mass is 9.93. The van der Waals surface area contributed by atoms with Crippen molar-refractivity contribution in [2.45, 2.75) is 38.8 Å². The summed E-state index contributed by atoms with van der Waals surface area (Å²) in [5.41, 5.74) is 7.41. The first-order chi connectivity index (χ1) is 10.2. The third-order valence-corrected chi connectivity index (χ3v) is 4.13. The zero-order valence-corrected chi connectivity index (χ0v) is 13.0. The van der Waals surface area contributed by atoms with Crippen LogP contribution in [0.1, 0.15) is 37.5 Å². The molecular formula is C18H26N2O. The number of benzene rings is 1. The molecule has 114 valence electrons. The van der Waals surface area contributed by atoms with Crippen LogP contribution in [0.15, 0.2) is 53.1 Å². The lowest BCUT2D eigenvalue weighted by Crippen LogP contribution is -2.40. The first-order valence-corrected chi connectivity index (χ1v) is 7.76. The van der Waals surface area contributed by atoms with Gasteiger partial charge in [0.25, 0.3) is 0 Å². The molecule has 2 rings (SSSR count). The van der Waals surface area contributed by atoms with E-state index in [4.69, 9.17) is 10.2 Å². The number of rotatable bonds is 8. The zero-order valence-electron chi connectivity index (χ0n) is 13.0. The Morgan fingerprint density at radius 3 is 2.48 bits per heavy atom. The summed E-state index contributed by atoms with van der Waals surface area (Å²) in [5.74, 6) is 1.51. The Balaban J connectivity index is 2.00. The minimum Gasteiger partial charge on any atom is -0.468 e. The Kier molecular flexibility index (Phi) is 6.03. The van der Waals surface area contributed by atoms with Crippen LogP contribution in [0.2, 0.25) is 0 Å². The fourth-order valence-electron chi connectivity index (χ4n) is 2.82. The number of hydrogen-bond donors (Lipinski definition) is 1. The van der Waals surface area contributed by atoms with Crippen LogP contribution in [-0.4, -0.2) is 24.0 Å². The molecule has 3 nitrogen and oxygen atoms in total. The van der Waals surface area contributed by atoms with Crippen molar-refractivity contribution in [2.75, 3.05) is 13.1 Å². The second kappa shape index (κ2) is 8.01. The SMILES string of the molecule is CCN(Cc1ccco1)C(CN)CC(C)c1ccccc1. The Morgan fingerprint density at radius 2 is 1.90 bits per heavy atom. The fraction of sp³-hybridized carbons (Fsp3) is 0.444. The third kappa shape index (κ3) is 4.45. The van der Waals surface area contributed by atoms with Crippen molar-refractivity contribution in [3.8, 4) is 0 Å². The second-order valence-electron chi connectivity index (χ2n) is 5.58. The van der Waals surface area contributed by atoms with Crippen LogP contribution in [0.5, 0.6) is 0 Å². The average Bonchev–Trinajstić information content (AvgIpc) is 3.04. The van der Waals surface area contributed by atoms with Crippen molar-refractivity contribution in [3.05, 3.63) is 60.1 Å². The summed E-state index contributed by atoms with van der Waals surface area (Å²) < 4.78 is 5.47. The first-order valence-electron chi connectivity index (χ1n) is 7.76. The van der Waals surface area contributed by atoms with Gasteiger partial charge in [0.05, 0.1) is 12.8 Å². The van der Waals surface area contributed by atoms with Gasteiger partial charge >= 0.3 is 0 Å². The van der Waals surface area contributed by atoms with E-state index < -0.39 is 0 Å². The molecule has 0 aliphatic heterocycles. The summed E-state index contributed by atoms with van der Waals surface area (Å²) in [6.45, 7) is 6.93.